The number of carbonyl (C=O) groups is 1. The maximum Gasteiger partial charge on any atom is 1.00 e. The summed E-state index contributed by atoms with van der Waals surface area (Å²) < 4.78 is 6.62. The molecular formula is C10H27O2S2+. The first-order valence-corrected chi connectivity index (χ1v) is 6.59. The van der Waals surface area contributed by atoms with Crippen LogP contribution in [0, 0.1) is 0 Å². The molecule has 14 heavy (non-hydrogen) atoms. The highest BCUT2D eigenvalue weighted by molar-refractivity contribution is 8.17. The number of rotatable bonds is 2. The van der Waals surface area contributed by atoms with Crippen LogP contribution in [-0.2, 0) is 4.79 Å². The fraction of sp³-hybridized carbons (Fsp3) is 0.900. The van der Waals surface area contributed by atoms with Crippen LogP contribution in [-0.4, -0.2) is 27.9 Å². The highest BCUT2D eigenvalue weighted by Gasteiger charge is 2.11. The average molecular weight is 244 g/mol. The van der Waals surface area contributed by atoms with Crippen LogP contribution in [0.5, 0.6) is 0 Å². The lowest BCUT2D eigenvalue weighted by Gasteiger charge is -2.17. The lowest BCUT2D eigenvalue weighted by atomic mass is 10.5. The number of carbonyl (C=O) groups excluding carboxylic acids is 1. The molecule has 0 fully saturated rings. The smallest absolute Gasteiger partial charge is 0.412 e. The molecule has 0 aromatic rings. The molecule has 4 heteroatoms. The molecule has 2 nitrogen and oxygen atoms in total. The third-order valence-corrected chi connectivity index (χ3v) is 3.95. The first kappa shape index (κ1) is 19.8. The summed E-state index contributed by atoms with van der Waals surface area (Å²) in [4.78, 5) is 9.44. The van der Waals surface area contributed by atoms with E-state index in [4.69, 9.17) is 1.37 Å². The summed E-state index contributed by atoms with van der Waals surface area (Å²) in [5, 5.41) is 0. The molecule has 0 bridgehead atoms. The van der Waals surface area contributed by atoms with E-state index in [0.29, 0.717) is 11.0 Å². The van der Waals surface area contributed by atoms with E-state index < -0.39 is 0 Å². The van der Waals surface area contributed by atoms with E-state index in [-0.39, 0.29) is 12.7 Å². The van der Waals surface area contributed by atoms with Crippen molar-refractivity contribution < 1.29 is 13.1 Å². The van der Waals surface area contributed by atoms with Gasteiger partial charge < -0.3 is 10.3 Å². The maximum atomic E-state index is 9.44. The van der Waals surface area contributed by atoms with Gasteiger partial charge >= 0.3 is 1.43 Å². The Morgan fingerprint density at radius 2 is 1.43 bits per heavy atom. The van der Waals surface area contributed by atoms with Gasteiger partial charge in [-0.3, -0.25) is 0 Å². The van der Waals surface area contributed by atoms with Crippen LogP contribution in [0.4, 0.5) is 0 Å². The second kappa shape index (κ2) is 15.8. The number of Topliss-reactive ketones (excluding diaryl/α,β-unsaturated/α-hetero) is 1. The Kier molecular flexibility index (Phi) is 22.4. The van der Waals surface area contributed by atoms with Crippen LogP contribution < -0.4 is 0 Å². The molecule has 0 spiro atoms. The minimum absolute atomic E-state index is 0. The van der Waals surface area contributed by atoms with Crippen molar-refractivity contribution in [2.24, 2.45) is 0 Å². The fourth-order valence-electron chi connectivity index (χ4n) is 0.0833. The quantitative estimate of drug-likeness (QED) is 0.700. The highest BCUT2D eigenvalue weighted by Crippen LogP contribution is 2.31. The second-order valence-corrected chi connectivity index (χ2v) is 5.83. The Morgan fingerprint density at radius 3 is 1.43 bits per heavy atom. The molecular weight excluding hydrogens is 216 g/mol. The van der Waals surface area contributed by atoms with Crippen LogP contribution in [0.1, 0.15) is 44.3 Å². The third kappa shape index (κ3) is 39.5. The molecule has 0 saturated carbocycles. The summed E-state index contributed by atoms with van der Waals surface area (Å²) in [6, 6.07) is 0. The minimum atomic E-state index is 0. The summed E-state index contributed by atoms with van der Waals surface area (Å²) in [6.45, 7) is 9.80. The molecule has 0 atom stereocenters. The summed E-state index contributed by atoms with van der Waals surface area (Å²) >= 11 is 3.78. The zero-order chi connectivity index (χ0) is 12.2. The van der Waals surface area contributed by atoms with Gasteiger partial charge in [0.15, 0.2) is 0 Å². The molecule has 0 unspecified atom stereocenters. The van der Waals surface area contributed by atoms with Gasteiger partial charge in [0, 0.05) is 1.37 Å². The molecule has 0 aromatic heterocycles. The fourth-order valence-corrected chi connectivity index (χ4v) is 0.750. The standard InChI is InChI=1S/C5H12S2.C3H6O.C2H6.H2O/c1-5(2,6-3)7-4;1-3(2)4;1-2;/h1-4H3;1-2H3;1-2H3;1H2/p+1/i;;1D;. The normalized spacial score (nSPS) is 9.21. The van der Waals surface area contributed by atoms with Crippen molar-refractivity contribution in [2.45, 2.75) is 45.6 Å². The van der Waals surface area contributed by atoms with Gasteiger partial charge in [-0.25, -0.2) is 0 Å². The third-order valence-electron chi connectivity index (χ3n) is 0.983. The molecule has 0 aliphatic heterocycles. The average Bonchev–Trinajstić information content (AvgIpc) is 2.05. The monoisotopic (exact) mass is 244 g/mol. The van der Waals surface area contributed by atoms with E-state index in [9.17, 15) is 4.79 Å². The van der Waals surface area contributed by atoms with Crippen molar-refractivity contribution in [3.05, 3.63) is 0 Å². The highest BCUT2D eigenvalue weighted by atomic mass is 32.2. The van der Waals surface area contributed by atoms with Gasteiger partial charge in [0.25, 0.3) is 0 Å². The molecule has 0 rings (SSSR count). The number of ketones is 1. The lowest BCUT2D eigenvalue weighted by molar-refractivity contribution is -0.114. The Bertz CT molecular complexity index is 124. The van der Waals surface area contributed by atoms with E-state index >= 15 is 0 Å². The Hall–Kier alpha value is 0.330. The van der Waals surface area contributed by atoms with E-state index in [1.807, 2.05) is 23.5 Å². The number of hydrogen-bond acceptors (Lipinski definition) is 3. The van der Waals surface area contributed by atoms with Crippen molar-refractivity contribution >= 4 is 29.3 Å². The molecule has 0 radical (unpaired) electrons. The van der Waals surface area contributed by atoms with Crippen molar-refractivity contribution in [1.82, 2.24) is 0 Å². The van der Waals surface area contributed by atoms with Crippen LogP contribution in [0.2, 0.25) is 0 Å². The van der Waals surface area contributed by atoms with Crippen molar-refractivity contribution in [1.29, 1.82) is 0 Å². The molecule has 2 N–H and O–H groups in total. The van der Waals surface area contributed by atoms with Gasteiger partial charge in [0.1, 0.15) is 5.78 Å². The zero-order valence-electron chi connectivity index (χ0n) is 12.4. The van der Waals surface area contributed by atoms with Crippen LogP contribution in [0.3, 0.4) is 0 Å². The topological polar surface area (TPSA) is 48.6 Å². The Balaban J connectivity index is -0.0000000393. The first-order valence-electron chi connectivity index (χ1n) is 4.84. The Labute approximate surface area is 101 Å². The minimum Gasteiger partial charge on any atom is -0.412 e. The predicted molar refractivity (Wildman–Crippen MR) is 73.5 cm³/mol. The van der Waals surface area contributed by atoms with E-state index in [1.165, 1.54) is 13.8 Å². The van der Waals surface area contributed by atoms with E-state index in [2.05, 4.69) is 26.4 Å². The van der Waals surface area contributed by atoms with Crippen molar-refractivity contribution in [2.75, 3.05) is 12.5 Å². The van der Waals surface area contributed by atoms with Gasteiger partial charge in [-0.2, -0.15) is 0 Å². The predicted octanol–water partition coefficient (Wildman–Crippen LogP) is 3.36. The van der Waals surface area contributed by atoms with Crippen LogP contribution in [0.15, 0.2) is 0 Å². The van der Waals surface area contributed by atoms with Gasteiger partial charge in [0.05, 0.1) is 4.08 Å². The molecule has 0 amide bonds. The van der Waals surface area contributed by atoms with Gasteiger partial charge in [-0.15, -0.1) is 23.5 Å². The van der Waals surface area contributed by atoms with E-state index in [0.717, 1.165) is 0 Å². The zero-order valence-corrected chi connectivity index (χ0v) is 12.1. The van der Waals surface area contributed by atoms with E-state index in [1.54, 1.807) is 6.92 Å². The van der Waals surface area contributed by atoms with Crippen LogP contribution >= 0.6 is 23.5 Å². The number of hydrogen-bond donors (Lipinski definition) is 0. The van der Waals surface area contributed by atoms with Gasteiger partial charge in [-0.05, 0) is 40.2 Å². The second-order valence-electron chi connectivity index (χ2n) is 2.72. The first-order chi connectivity index (χ1) is 6.27. The maximum absolute atomic E-state index is 9.44. The molecule has 0 aromatic carbocycles. The van der Waals surface area contributed by atoms with Gasteiger partial charge in [0.2, 0.25) is 0 Å². The van der Waals surface area contributed by atoms with Crippen molar-refractivity contribution in [3.63, 3.8) is 0 Å². The molecule has 90 valence electrons. The van der Waals surface area contributed by atoms with Crippen LogP contribution in [0.25, 0.3) is 0 Å². The van der Waals surface area contributed by atoms with Crippen molar-refractivity contribution in [3.8, 4) is 0 Å². The molecule has 0 aliphatic rings. The molecule has 0 heterocycles. The SMILES string of the molecule is CC(C)=O.CSC(C)(C)SC.O.[2H]CC.[H+]. The van der Waals surface area contributed by atoms with Gasteiger partial charge in [-0.1, -0.05) is 13.8 Å². The summed E-state index contributed by atoms with van der Waals surface area (Å²) in [5.74, 6) is 0.167. The summed E-state index contributed by atoms with van der Waals surface area (Å²) in [6.07, 6.45) is 4.27. The molecule has 0 aliphatic carbocycles. The Morgan fingerprint density at radius 1 is 1.29 bits per heavy atom. The largest absolute Gasteiger partial charge is 1.00 e. The molecule has 0 saturated heterocycles. The number of thioether (sulfide) groups is 2. The summed E-state index contributed by atoms with van der Waals surface area (Å²) in [5.41, 5.74) is 0. The lowest BCUT2D eigenvalue weighted by Crippen LogP contribution is -2.05. The summed E-state index contributed by atoms with van der Waals surface area (Å²) in [7, 11) is 0.